The van der Waals surface area contributed by atoms with Crippen LogP contribution in [0.25, 0.3) is 16.9 Å². The lowest BCUT2D eigenvalue weighted by molar-refractivity contribution is -0.123. The third kappa shape index (κ3) is 3.60. The van der Waals surface area contributed by atoms with E-state index in [1.165, 1.54) is 13.1 Å². The van der Waals surface area contributed by atoms with Crippen LogP contribution in [0, 0.1) is 0 Å². The van der Waals surface area contributed by atoms with Crippen molar-refractivity contribution in [2.24, 2.45) is 0 Å². The minimum absolute atomic E-state index is 0.139. The molecule has 2 aromatic carbocycles. The Labute approximate surface area is 182 Å². The van der Waals surface area contributed by atoms with E-state index in [4.69, 9.17) is 14.2 Å². The Hall–Kier alpha value is -4.40. The molecule has 1 N–H and O–H groups in total. The first-order valence-electron chi connectivity index (χ1n) is 9.90. The van der Waals surface area contributed by atoms with Crippen LogP contribution < -0.4 is 14.8 Å². The van der Waals surface area contributed by atoms with E-state index in [0.717, 1.165) is 11.3 Å². The van der Waals surface area contributed by atoms with Gasteiger partial charge in [-0.25, -0.2) is 14.3 Å². The Morgan fingerprint density at radius 2 is 1.91 bits per heavy atom. The minimum Gasteiger partial charge on any atom is -0.454 e. The normalized spacial score (nSPS) is 13.0. The number of amides is 1. The standard InChI is InChI=1S/C23H18N4O5/c1-14(22(28)26-16-7-8-19-20(11-16)31-13-30-19)32-23(29)17-12-25-27-18(9-10-24-21(17)27)15-5-3-2-4-6-15/h2-12,14H,13H2,1H3,(H,26,28). The summed E-state index contributed by atoms with van der Waals surface area (Å²) >= 11 is 0. The van der Waals surface area contributed by atoms with E-state index in [2.05, 4.69) is 15.4 Å². The molecule has 160 valence electrons. The molecule has 0 aliphatic carbocycles. The second-order valence-corrected chi connectivity index (χ2v) is 7.09. The molecule has 0 saturated heterocycles. The van der Waals surface area contributed by atoms with Crippen LogP contribution >= 0.6 is 0 Å². The third-order valence-electron chi connectivity index (χ3n) is 4.98. The highest BCUT2D eigenvalue weighted by Gasteiger charge is 2.23. The fraction of sp³-hybridized carbons (Fsp3) is 0.130. The van der Waals surface area contributed by atoms with Crippen molar-refractivity contribution in [3.8, 4) is 22.8 Å². The second-order valence-electron chi connectivity index (χ2n) is 7.09. The van der Waals surface area contributed by atoms with Crippen molar-refractivity contribution in [2.75, 3.05) is 12.1 Å². The molecule has 4 aromatic rings. The number of aromatic nitrogens is 3. The van der Waals surface area contributed by atoms with Crippen LogP contribution in [0.4, 0.5) is 5.69 Å². The number of benzene rings is 2. The van der Waals surface area contributed by atoms with Crippen molar-refractivity contribution in [1.82, 2.24) is 14.6 Å². The Morgan fingerprint density at radius 1 is 1.09 bits per heavy atom. The zero-order valence-electron chi connectivity index (χ0n) is 17.0. The van der Waals surface area contributed by atoms with Gasteiger partial charge in [0.05, 0.1) is 11.9 Å². The van der Waals surface area contributed by atoms with E-state index in [1.54, 1.807) is 28.9 Å². The number of rotatable bonds is 5. The summed E-state index contributed by atoms with van der Waals surface area (Å²) in [7, 11) is 0. The topological polar surface area (TPSA) is 104 Å². The van der Waals surface area contributed by atoms with E-state index >= 15 is 0 Å². The number of ether oxygens (including phenoxy) is 3. The molecule has 1 aliphatic heterocycles. The van der Waals surface area contributed by atoms with Crippen LogP contribution in [-0.2, 0) is 9.53 Å². The molecular formula is C23H18N4O5. The second kappa shape index (κ2) is 8.03. The van der Waals surface area contributed by atoms with Crippen LogP contribution in [0.15, 0.2) is 67.0 Å². The van der Waals surface area contributed by atoms with Gasteiger partial charge in [-0.3, -0.25) is 4.79 Å². The maximum absolute atomic E-state index is 12.8. The van der Waals surface area contributed by atoms with Gasteiger partial charge < -0.3 is 19.5 Å². The number of anilines is 1. The summed E-state index contributed by atoms with van der Waals surface area (Å²) in [6.07, 6.45) is 1.95. The first-order chi connectivity index (χ1) is 15.6. The maximum Gasteiger partial charge on any atom is 0.344 e. The number of hydrogen-bond donors (Lipinski definition) is 1. The van der Waals surface area contributed by atoms with Crippen LogP contribution in [0.5, 0.6) is 11.5 Å². The molecule has 0 bridgehead atoms. The smallest absolute Gasteiger partial charge is 0.344 e. The molecule has 32 heavy (non-hydrogen) atoms. The number of carbonyl (C=O) groups is 2. The van der Waals surface area contributed by atoms with Crippen LogP contribution in [0.2, 0.25) is 0 Å². The van der Waals surface area contributed by atoms with Crippen LogP contribution in [0.3, 0.4) is 0 Å². The summed E-state index contributed by atoms with van der Waals surface area (Å²) < 4.78 is 17.5. The van der Waals surface area contributed by atoms with Crippen molar-refractivity contribution >= 4 is 23.2 Å². The highest BCUT2D eigenvalue weighted by atomic mass is 16.7. The van der Waals surface area contributed by atoms with Gasteiger partial charge in [-0.1, -0.05) is 30.3 Å². The number of esters is 1. The zero-order valence-corrected chi connectivity index (χ0v) is 17.0. The summed E-state index contributed by atoms with van der Waals surface area (Å²) in [5.74, 6) is -0.0188. The van der Waals surface area contributed by atoms with E-state index in [9.17, 15) is 9.59 Å². The highest BCUT2D eigenvalue weighted by molar-refractivity contribution is 6.00. The molecule has 9 nitrogen and oxygen atoms in total. The molecule has 1 amide bonds. The highest BCUT2D eigenvalue weighted by Crippen LogP contribution is 2.34. The predicted molar refractivity (Wildman–Crippen MR) is 114 cm³/mol. The monoisotopic (exact) mass is 430 g/mol. The van der Waals surface area contributed by atoms with Crippen LogP contribution in [-0.4, -0.2) is 39.4 Å². The summed E-state index contributed by atoms with van der Waals surface area (Å²) in [4.78, 5) is 29.6. The third-order valence-corrected chi connectivity index (χ3v) is 4.98. The summed E-state index contributed by atoms with van der Waals surface area (Å²) in [5, 5.41) is 7.00. The molecule has 3 heterocycles. The molecular weight excluding hydrogens is 412 g/mol. The quantitative estimate of drug-likeness (QED) is 0.485. The number of nitrogens with zero attached hydrogens (tertiary/aromatic N) is 3. The fourth-order valence-electron chi connectivity index (χ4n) is 3.36. The average molecular weight is 430 g/mol. The maximum atomic E-state index is 12.8. The lowest BCUT2D eigenvalue weighted by Crippen LogP contribution is -2.30. The van der Waals surface area contributed by atoms with Gasteiger partial charge in [-0.05, 0) is 25.1 Å². The largest absolute Gasteiger partial charge is 0.454 e. The molecule has 1 unspecified atom stereocenters. The fourth-order valence-corrected chi connectivity index (χ4v) is 3.36. The molecule has 0 spiro atoms. The molecule has 2 aromatic heterocycles. The minimum atomic E-state index is -1.04. The van der Waals surface area contributed by atoms with Gasteiger partial charge in [0.2, 0.25) is 6.79 Å². The molecule has 0 fully saturated rings. The summed E-state index contributed by atoms with van der Waals surface area (Å²) in [6, 6.07) is 16.5. The number of nitrogens with one attached hydrogen (secondary N) is 1. The van der Waals surface area contributed by atoms with Crippen LogP contribution in [0.1, 0.15) is 17.3 Å². The lowest BCUT2D eigenvalue weighted by Gasteiger charge is -2.13. The number of hydrogen-bond acceptors (Lipinski definition) is 7. The first-order valence-corrected chi connectivity index (χ1v) is 9.90. The first kappa shape index (κ1) is 19.6. The van der Waals surface area contributed by atoms with Crippen molar-refractivity contribution < 1.29 is 23.8 Å². The predicted octanol–water partition coefficient (Wildman–Crippen LogP) is 3.31. The van der Waals surface area contributed by atoms with E-state index in [1.807, 2.05) is 36.4 Å². The summed E-state index contributed by atoms with van der Waals surface area (Å²) in [5.41, 5.74) is 2.74. The van der Waals surface area contributed by atoms with E-state index < -0.39 is 18.0 Å². The Bertz CT molecular complexity index is 1320. The van der Waals surface area contributed by atoms with Gasteiger partial charge in [0.25, 0.3) is 5.91 Å². The molecule has 0 saturated carbocycles. The number of fused-ring (bicyclic) bond motifs is 2. The van der Waals surface area contributed by atoms with Gasteiger partial charge >= 0.3 is 5.97 Å². The van der Waals surface area contributed by atoms with Crippen molar-refractivity contribution in [3.05, 3.63) is 72.6 Å². The van der Waals surface area contributed by atoms with Crippen molar-refractivity contribution in [3.63, 3.8) is 0 Å². The van der Waals surface area contributed by atoms with E-state index in [-0.39, 0.29) is 12.4 Å². The van der Waals surface area contributed by atoms with Crippen molar-refractivity contribution in [1.29, 1.82) is 0 Å². The number of carbonyl (C=O) groups excluding carboxylic acids is 2. The van der Waals surface area contributed by atoms with Gasteiger partial charge in [-0.2, -0.15) is 5.10 Å². The SMILES string of the molecule is CC(OC(=O)c1cnn2c(-c3ccccc3)ccnc12)C(=O)Nc1ccc2c(c1)OCO2. The van der Waals surface area contributed by atoms with Gasteiger partial charge in [-0.15, -0.1) is 0 Å². The summed E-state index contributed by atoms with van der Waals surface area (Å²) in [6.45, 7) is 1.63. The molecule has 1 atom stereocenters. The van der Waals surface area contributed by atoms with Gasteiger partial charge in [0.1, 0.15) is 5.56 Å². The Morgan fingerprint density at radius 3 is 2.75 bits per heavy atom. The van der Waals surface area contributed by atoms with Crippen molar-refractivity contribution in [2.45, 2.75) is 13.0 Å². The molecule has 1 aliphatic rings. The van der Waals surface area contributed by atoms with Gasteiger partial charge in [0.15, 0.2) is 23.3 Å². The molecule has 5 rings (SSSR count). The van der Waals surface area contributed by atoms with E-state index in [0.29, 0.717) is 22.8 Å². The van der Waals surface area contributed by atoms with Gasteiger partial charge in [0, 0.05) is 23.5 Å². The zero-order chi connectivity index (χ0) is 22.1. The Kier molecular flexibility index (Phi) is 4.91. The Balaban J connectivity index is 1.32. The molecule has 9 heteroatoms. The lowest BCUT2D eigenvalue weighted by atomic mass is 10.1. The average Bonchev–Trinajstić information content (AvgIpc) is 3.46. The molecule has 0 radical (unpaired) electrons.